The van der Waals surface area contributed by atoms with Gasteiger partial charge in [0.2, 0.25) is 0 Å². The number of phenols is 1. The van der Waals surface area contributed by atoms with Crippen LogP contribution in [0.25, 0.3) is 21.9 Å². The van der Waals surface area contributed by atoms with Gasteiger partial charge in [-0.1, -0.05) is 30.3 Å². The van der Waals surface area contributed by atoms with E-state index in [0.29, 0.717) is 13.0 Å². The summed E-state index contributed by atoms with van der Waals surface area (Å²) in [4.78, 5) is 8.00. The van der Waals surface area contributed by atoms with Crippen LogP contribution in [0.15, 0.2) is 79.1 Å². The highest BCUT2D eigenvalue weighted by Crippen LogP contribution is 2.30. The third kappa shape index (κ3) is 4.27. The van der Waals surface area contributed by atoms with E-state index in [1.165, 1.54) is 12.1 Å². The van der Waals surface area contributed by atoms with Crippen LogP contribution in [0.2, 0.25) is 0 Å². The number of phenolic OH excluding ortho intramolecular Hbond substituents is 1. The Kier molecular flexibility index (Phi) is 5.81. The van der Waals surface area contributed by atoms with E-state index in [1.54, 1.807) is 0 Å². The molecular formula is C27H27FN4O2. The fourth-order valence-corrected chi connectivity index (χ4v) is 4.44. The van der Waals surface area contributed by atoms with Gasteiger partial charge in [-0.15, -0.1) is 0 Å². The van der Waals surface area contributed by atoms with E-state index in [9.17, 15) is 14.6 Å². The molecule has 4 N–H and O–H groups in total. The number of halogens is 1. The number of hydrogen-bond acceptors (Lipinski definition) is 4. The van der Waals surface area contributed by atoms with E-state index in [2.05, 4.69) is 38.9 Å². The first-order valence-corrected chi connectivity index (χ1v) is 11.3. The van der Waals surface area contributed by atoms with Gasteiger partial charge in [-0.3, -0.25) is 0 Å². The van der Waals surface area contributed by atoms with E-state index >= 15 is 0 Å². The highest BCUT2D eigenvalue weighted by molar-refractivity contribution is 5.80. The summed E-state index contributed by atoms with van der Waals surface area (Å²) < 4.78 is 16.4. The van der Waals surface area contributed by atoms with Crippen molar-refractivity contribution in [2.24, 2.45) is 0 Å². The average Bonchev–Trinajstić information content (AvgIpc) is 3.46. The first-order valence-electron chi connectivity index (χ1n) is 11.3. The number of aromatic amines is 1. The molecule has 0 radical (unpaired) electrons. The Morgan fingerprint density at radius 1 is 1.09 bits per heavy atom. The third-order valence-electron chi connectivity index (χ3n) is 6.53. The fourth-order valence-electron chi connectivity index (χ4n) is 4.44. The molecule has 3 aromatic carbocycles. The molecule has 0 aliphatic heterocycles. The highest BCUT2D eigenvalue weighted by Gasteiger charge is 2.29. The van der Waals surface area contributed by atoms with E-state index in [4.69, 9.17) is 0 Å². The summed E-state index contributed by atoms with van der Waals surface area (Å²) >= 11 is 0. The largest absolute Gasteiger partial charge is 0.508 e. The number of aromatic hydroxyl groups is 1. The number of aromatic nitrogens is 3. The van der Waals surface area contributed by atoms with E-state index in [1.807, 2.05) is 48.8 Å². The van der Waals surface area contributed by atoms with Gasteiger partial charge in [-0.05, 0) is 55.1 Å². The van der Waals surface area contributed by atoms with Crippen LogP contribution in [-0.2, 0) is 12.1 Å². The zero-order valence-corrected chi connectivity index (χ0v) is 18.9. The van der Waals surface area contributed by atoms with Gasteiger partial charge in [0, 0.05) is 35.9 Å². The Balaban J connectivity index is 1.42. The predicted octanol–water partition coefficient (Wildman–Crippen LogP) is 4.99. The fraction of sp³-hybridized carbons (Fsp3) is 0.222. The zero-order chi connectivity index (χ0) is 23.7. The predicted molar refractivity (Wildman–Crippen MR) is 131 cm³/mol. The van der Waals surface area contributed by atoms with Crippen molar-refractivity contribution < 1.29 is 14.6 Å². The molecule has 0 aliphatic carbocycles. The lowest BCUT2D eigenvalue weighted by atomic mass is 9.92. The summed E-state index contributed by atoms with van der Waals surface area (Å²) in [5, 5.41) is 24.8. The number of fused-ring (bicyclic) bond motifs is 2. The van der Waals surface area contributed by atoms with Gasteiger partial charge < -0.3 is 25.1 Å². The summed E-state index contributed by atoms with van der Waals surface area (Å²) in [5.41, 5.74) is 3.62. The molecule has 5 rings (SSSR count). The van der Waals surface area contributed by atoms with Crippen LogP contribution >= 0.6 is 0 Å². The highest BCUT2D eigenvalue weighted by atomic mass is 19.1. The molecule has 2 atom stereocenters. The van der Waals surface area contributed by atoms with Gasteiger partial charge in [0.25, 0.3) is 0 Å². The van der Waals surface area contributed by atoms with Gasteiger partial charge in [0.15, 0.2) is 0 Å². The molecule has 6 nitrogen and oxygen atoms in total. The number of aliphatic hydroxyl groups is 1. The molecule has 0 spiro atoms. The second kappa shape index (κ2) is 8.93. The number of benzene rings is 3. The van der Waals surface area contributed by atoms with Crippen LogP contribution in [0, 0.1) is 5.82 Å². The number of aliphatic hydroxyl groups excluding tert-OH is 1. The molecule has 0 fully saturated rings. The third-order valence-corrected chi connectivity index (χ3v) is 6.53. The molecule has 174 valence electrons. The average molecular weight is 459 g/mol. The quantitative estimate of drug-likeness (QED) is 0.264. The number of nitrogens with one attached hydrogen (secondary N) is 2. The van der Waals surface area contributed by atoms with Gasteiger partial charge in [-0.2, -0.15) is 0 Å². The van der Waals surface area contributed by atoms with E-state index in [-0.39, 0.29) is 17.9 Å². The molecule has 2 aromatic heterocycles. The number of aryl methyl sites for hydroxylation is 1. The molecule has 7 heteroatoms. The van der Waals surface area contributed by atoms with Crippen molar-refractivity contribution >= 4 is 21.9 Å². The second-order valence-electron chi connectivity index (χ2n) is 8.88. The monoisotopic (exact) mass is 458 g/mol. The molecule has 0 bridgehead atoms. The molecule has 5 aromatic rings. The van der Waals surface area contributed by atoms with Crippen LogP contribution < -0.4 is 5.32 Å². The summed E-state index contributed by atoms with van der Waals surface area (Å²) in [7, 11) is 0. The first kappa shape index (κ1) is 22.1. The van der Waals surface area contributed by atoms with Crippen molar-refractivity contribution in [3.63, 3.8) is 0 Å². The van der Waals surface area contributed by atoms with Gasteiger partial charge in [-0.25, -0.2) is 9.37 Å². The summed E-state index contributed by atoms with van der Waals surface area (Å²) in [6, 6.07) is 22.0. The van der Waals surface area contributed by atoms with Crippen LogP contribution in [0.4, 0.5) is 4.39 Å². The SMILES string of the molecule is CC(CCn1cnc2ccccc21)(NCC(O)c1ccc(O)cc1F)c1cc2ccccc2[nH]1. The lowest BCUT2D eigenvalue weighted by Crippen LogP contribution is -2.43. The maximum atomic E-state index is 14.3. The Morgan fingerprint density at radius 2 is 1.88 bits per heavy atom. The van der Waals surface area contributed by atoms with Crippen molar-refractivity contribution in [2.75, 3.05) is 6.54 Å². The Hall–Kier alpha value is -3.68. The Bertz CT molecular complexity index is 1410. The minimum absolute atomic E-state index is 0.137. The molecule has 0 saturated heterocycles. The normalized spacial score (nSPS) is 14.4. The standard InChI is InChI=1S/C27H27FN4O2/c1-27(26-14-18-6-2-3-7-22(18)31-26,12-13-32-17-29-23-8-4-5-9-24(23)32)30-16-25(34)20-11-10-19(33)15-21(20)28/h2-11,14-15,17,25,30-31,33-34H,12-13,16H2,1H3. The Morgan fingerprint density at radius 3 is 2.71 bits per heavy atom. The van der Waals surface area contributed by atoms with Crippen LogP contribution in [0.3, 0.4) is 0 Å². The van der Waals surface area contributed by atoms with Crippen molar-refractivity contribution in [3.8, 4) is 5.75 Å². The minimum atomic E-state index is -1.07. The minimum Gasteiger partial charge on any atom is -0.508 e. The van der Waals surface area contributed by atoms with Gasteiger partial charge in [0.1, 0.15) is 11.6 Å². The molecular weight excluding hydrogens is 431 g/mol. The molecule has 0 aliphatic rings. The van der Waals surface area contributed by atoms with Gasteiger partial charge >= 0.3 is 0 Å². The van der Waals surface area contributed by atoms with E-state index in [0.717, 1.165) is 33.7 Å². The summed E-state index contributed by atoms with van der Waals surface area (Å²) in [6.07, 6.45) is 1.47. The number of imidazole rings is 1. The molecule has 34 heavy (non-hydrogen) atoms. The maximum Gasteiger partial charge on any atom is 0.132 e. The number of hydrogen-bond donors (Lipinski definition) is 4. The Labute approximate surface area is 196 Å². The molecule has 0 amide bonds. The van der Waals surface area contributed by atoms with E-state index < -0.39 is 17.5 Å². The van der Waals surface area contributed by atoms with Crippen molar-refractivity contribution in [3.05, 3.63) is 96.2 Å². The second-order valence-corrected chi connectivity index (χ2v) is 8.88. The maximum absolute atomic E-state index is 14.3. The molecule has 0 saturated carbocycles. The van der Waals surface area contributed by atoms with Crippen molar-refractivity contribution in [2.45, 2.75) is 31.5 Å². The summed E-state index contributed by atoms with van der Waals surface area (Å²) in [6.45, 7) is 2.91. The van der Waals surface area contributed by atoms with Crippen LogP contribution in [0.1, 0.15) is 30.7 Å². The van der Waals surface area contributed by atoms with Crippen LogP contribution in [-0.4, -0.2) is 31.3 Å². The van der Waals surface area contributed by atoms with Crippen molar-refractivity contribution in [1.29, 1.82) is 0 Å². The first-order chi connectivity index (χ1) is 16.4. The summed E-state index contributed by atoms with van der Waals surface area (Å²) in [5.74, 6) is -0.802. The number of nitrogens with zero attached hydrogens (tertiary/aromatic N) is 2. The van der Waals surface area contributed by atoms with Crippen LogP contribution in [0.5, 0.6) is 5.75 Å². The zero-order valence-electron chi connectivity index (χ0n) is 18.9. The van der Waals surface area contributed by atoms with Gasteiger partial charge in [0.05, 0.1) is 29.0 Å². The number of H-pyrrole nitrogens is 1. The topological polar surface area (TPSA) is 86.1 Å². The number of para-hydroxylation sites is 3. The molecule has 2 unspecified atom stereocenters. The number of rotatable bonds is 8. The lowest BCUT2D eigenvalue weighted by Gasteiger charge is -2.32. The van der Waals surface area contributed by atoms with Crippen molar-refractivity contribution in [1.82, 2.24) is 19.9 Å². The smallest absolute Gasteiger partial charge is 0.132 e. The molecule has 2 heterocycles. The lowest BCUT2D eigenvalue weighted by molar-refractivity contribution is 0.150.